The first-order chi connectivity index (χ1) is 11.2. The molecule has 1 N–H and O–H groups in total. The summed E-state index contributed by atoms with van der Waals surface area (Å²) in [4.78, 5) is 32.1. The van der Waals surface area contributed by atoms with Crippen LogP contribution in [0.1, 0.15) is 12.0 Å². The lowest BCUT2D eigenvalue weighted by atomic mass is 10.1. The summed E-state index contributed by atoms with van der Waals surface area (Å²) in [6, 6.07) is 3.87. The number of rotatable bonds is 6. The zero-order valence-corrected chi connectivity index (χ0v) is 13.9. The maximum atomic E-state index is 12.7. The number of hydrogen-bond acceptors (Lipinski definition) is 5. The maximum Gasteiger partial charge on any atom is 0.242 e. The van der Waals surface area contributed by atoms with Crippen LogP contribution in [0.3, 0.4) is 0 Å². The van der Waals surface area contributed by atoms with Gasteiger partial charge in [-0.1, -0.05) is 6.07 Å². The van der Waals surface area contributed by atoms with E-state index in [-0.39, 0.29) is 18.4 Å². The Kier molecular flexibility index (Phi) is 5.51. The third-order valence-corrected chi connectivity index (χ3v) is 5.19. The van der Waals surface area contributed by atoms with Gasteiger partial charge in [0.05, 0.1) is 11.6 Å². The third-order valence-electron chi connectivity index (χ3n) is 4.24. The molecule has 0 unspecified atom stereocenters. The minimum absolute atomic E-state index is 0.0246. The maximum absolute atomic E-state index is 12.7. The van der Waals surface area contributed by atoms with E-state index in [0.29, 0.717) is 24.1 Å². The summed E-state index contributed by atoms with van der Waals surface area (Å²) in [5.41, 5.74) is 1.02. The van der Waals surface area contributed by atoms with Gasteiger partial charge >= 0.3 is 0 Å². The minimum atomic E-state index is 0.0246. The number of aromatic nitrogens is 1. The molecule has 2 fully saturated rings. The van der Waals surface area contributed by atoms with Crippen molar-refractivity contribution < 1.29 is 9.59 Å². The van der Waals surface area contributed by atoms with E-state index in [1.807, 2.05) is 17.0 Å². The van der Waals surface area contributed by atoms with Gasteiger partial charge in [-0.25, -0.2) is 0 Å². The van der Waals surface area contributed by atoms with Crippen molar-refractivity contribution in [2.24, 2.45) is 5.92 Å². The summed E-state index contributed by atoms with van der Waals surface area (Å²) in [6.45, 7) is 3.44. The molecule has 2 saturated heterocycles. The van der Waals surface area contributed by atoms with Gasteiger partial charge in [-0.15, -0.1) is 11.8 Å². The highest BCUT2D eigenvalue weighted by atomic mass is 32.2. The van der Waals surface area contributed by atoms with Crippen molar-refractivity contribution in [3.8, 4) is 0 Å². The lowest BCUT2D eigenvalue weighted by Crippen LogP contribution is -2.43. The second-order valence-corrected chi connectivity index (χ2v) is 7.02. The Hall–Kier alpha value is -1.60. The predicted octanol–water partition coefficient (Wildman–Crippen LogP) is 0.553. The Bertz CT molecular complexity index is 548. The average molecular weight is 334 g/mol. The van der Waals surface area contributed by atoms with Crippen molar-refractivity contribution in [3.63, 3.8) is 0 Å². The smallest absolute Gasteiger partial charge is 0.242 e. The molecule has 1 aromatic rings. The summed E-state index contributed by atoms with van der Waals surface area (Å²) >= 11 is 1.57. The average Bonchev–Trinajstić information content (AvgIpc) is 3.20. The Balaban J connectivity index is 1.65. The monoisotopic (exact) mass is 334 g/mol. The van der Waals surface area contributed by atoms with Gasteiger partial charge in [-0.05, 0) is 37.1 Å². The first-order valence-corrected chi connectivity index (χ1v) is 9.11. The van der Waals surface area contributed by atoms with Crippen LogP contribution in [0.4, 0.5) is 0 Å². The van der Waals surface area contributed by atoms with Gasteiger partial charge in [0, 0.05) is 25.5 Å². The molecule has 2 aliphatic heterocycles. The lowest BCUT2D eigenvalue weighted by molar-refractivity contribution is -0.138. The van der Waals surface area contributed by atoms with E-state index in [9.17, 15) is 9.59 Å². The van der Waals surface area contributed by atoms with Crippen LogP contribution in [0.5, 0.6) is 0 Å². The van der Waals surface area contributed by atoms with Crippen molar-refractivity contribution in [1.29, 1.82) is 0 Å². The molecular weight excluding hydrogens is 312 g/mol. The van der Waals surface area contributed by atoms with Gasteiger partial charge in [0.15, 0.2) is 0 Å². The molecule has 0 spiro atoms. The fourth-order valence-corrected chi connectivity index (χ4v) is 3.86. The number of pyridine rings is 1. The van der Waals surface area contributed by atoms with E-state index in [2.05, 4.69) is 10.3 Å². The fraction of sp³-hybridized carbons (Fsp3) is 0.562. The highest BCUT2D eigenvalue weighted by Crippen LogP contribution is 2.17. The lowest BCUT2D eigenvalue weighted by Gasteiger charge is -2.27. The van der Waals surface area contributed by atoms with Crippen LogP contribution in [0.15, 0.2) is 24.5 Å². The van der Waals surface area contributed by atoms with E-state index < -0.39 is 0 Å². The molecule has 2 amide bonds. The molecule has 23 heavy (non-hydrogen) atoms. The first-order valence-electron chi connectivity index (χ1n) is 7.95. The van der Waals surface area contributed by atoms with E-state index in [1.54, 1.807) is 29.1 Å². The molecule has 0 saturated carbocycles. The zero-order valence-electron chi connectivity index (χ0n) is 13.1. The first kappa shape index (κ1) is 16.3. The van der Waals surface area contributed by atoms with Gasteiger partial charge in [-0.2, -0.15) is 0 Å². The summed E-state index contributed by atoms with van der Waals surface area (Å²) in [5.74, 6) is 1.68. The summed E-state index contributed by atoms with van der Waals surface area (Å²) in [5, 5.41) is 3.34. The summed E-state index contributed by atoms with van der Waals surface area (Å²) < 4.78 is 0. The molecule has 1 aromatic heterocycles. The number of nitrogens with one attached hydrogen (secondary N) is 1. The van der Waals surface area contributed by atoms with Crippen LogP contribution >= 0.6 is 11.8 Å². The predicted molar refractivity (Wildman–Crippen MR) is 89.7 cm³/mol. The fourth-order valence-electron chi connectivity index (χ4n) is 2.95. The molecule has 1 atom stereocenters. The number of amides is 2. The molecule has 124 valence electrons. The third kappa shape index (κ3) is 4.45. The standard InChI is InChI=1S/C16H22N4O2S/c21-15(10-20-12-23-11-16(20)22)19(9-14-3-5-18-7-14)8-13-2-1-4-17-6-13/h1-2,4,6,14,18H,3,5,7-12H2/t14-/m0/s1. The molecule has 2 aliphatic rings. The summed E-state index contributed by atoms with van der Waals surface area (Å²) in [6.07, 6.45) is 4.62. The van der Waals surface area contributed by atoms with Crippen LogP contribution in [0.25, 0.3) is 0 Å². The molecule has 0 aliphatic carbocycles. The van der Waals surface area contributed by atoms with Crippen LogP contribution in [-0.2, 0) is 16.1 Å². The summed E-state index contributed by atoms with van der Waals surface area (Å²) in [7, 11) is 0. The van der Waals surface area contributed by atoms with Crippen LogP contribution in [0, 0.1) is 5.92 Å². The molecular formula is C16H22N4O2S. The second-order valence-electron chi connectivity index (χ2n) is 6.06. The highest BCUT2D eigenvalue weighted by molar-refractivity contribution is 8.00. The van der Waals surface area contributed by atoms with Crippen molar-refractivity contribution in [2.75, 3.05) is 37.8 Å². The SMILES string of the molecule is O=C1CSCN1CC(=O)N(Cc1cccnc1)C[C@H]1CCNC1. The van der Waals surface area contributed by atoms with Gasteiger partial charge in [0.1, 0.15) is 6.54 Å². The second kappa shape index (κ2) is 7.79. The number of carbonyl (C=O) groups is 2. The number of hydrogen-bond donors (Lipinski definition) is 1. The molecule has 6 nitrogen and oxygen atoms in total. The van der Waals surface area contributed by atoms with Crippen LogP contribution in [-0.4, -0.2) is 64.4 Å². The van der Waals surface area contributed by atoms with E-state index in [1.165, 1.54) is 0 Å². The van der Waals surface area contributed by atoms with E-state index >= 15 is 0 Å². The quantitative estimate of drug-likeness (QED) is 0.823. The molecule has 7 heteroatoms. The van der Waals surface area contributed by atoms with E-state index in [0.717, 1.165) is 31.6 Å². The van der Waals surface area contributed by atoms with Crippen molar-refractivity contribution in [3.05, 3.63) is 30.1 Å². The van der Waals surface area contributed by atoms with Gasteiger partial charge < -0.3 is 15.1 Å². The van der Waals surface area contributed by atoms with Crippen LogP contribution < -0.4 is 5.32 Å². The Labute approximate surface area is 140 Å². The molecule has 0 bridgehead atoms. The minimum Gasteiger partial charge on any atom is -0.336 e. The Morgan fingerprint density at radius 1 is 1.52 bits per heavy atom. The number of nitrogens with zero attached hydrogens (tertiary/aromatic N) is 3. The highest BCUT2D eigenvalue weighted by Gasteiger charge is 2.27. The molecule has 3 heterocycles. The Morgan fingerprint density at radius 2 is 2.43 bits per heavy atom. The van der Waals surface area contributed by atoms with Gasteiger partial charge in [0.25, 0.3) is 0 Å². The molecule has 0 aromatic carbocycles. The largest absolute Gasteiger partial charge is 0.336 e. The topological polar surface area (TPSA) is 65.5 Å². The van der Waals surface area contributed by atoms with Crippen LogP contribution in [0.2, 0.25) is 0 Å². The number of thioether (sulfide) groups is 1. The van der Waals surface area contributed by atoms with Crippen molar-refractivity contribution in [2.45, 2.75) is 13.0 Å². The van der Waals surface area contributed by atoms with Crippen molar-refractivity contribution >= 4 is 23.6 Å². The normalized spacial score (nSPS) is 21.0. The van der Waals surface area contributed by atoms with Crippen molar-refractivity contribution in [1.82, 2.24) is 20.1 Å². The van der Waals surface area contributed by atoms with E-state index in [4.69, 9.17) is 0 Å². The number of carbonyl (C=O) groups excluding carboxylic acids is 2. The zero-order chi connectivity index (χ0) is 16.1. The molecule has 0 radical (unpaired) electrons. The van der Waals surface area contributed by atoms with Gasteiger partial charge in [-0.3, -0.25) is 14.6 Å². The molecule has 3 rings (SSSR count). The van der Waals surface area contributed by atoms with Gasteiger partial charge in [0.2, 0.25) is 11.8 Å². The Morgan fingerprint density at radius 3 is 3.09 bits per heavy atom.